The fraction of sp³-hybridized carbons (Fsp3) is 0.111. The van der Waals surface area contributed by atoms with Gasteiger partial charge in [0.25, 0.3) is 11.6 Å². The number of hydrogen-bond acceptors (Lipinski definition) is 6. The summed E-state index contributed by atoms with van der Waals surface area (Å²) in [7, 11) is 2.98. The molecule has 28 heavy (non-hydrogen) atoms. The number of nitro benzene ring substituents is 1. The first-order chi connectivity index (χ1) is 13.3. The number of amides is 1. The minimum Gasteiger partial charge on any atom is -0.493 e. The van der Waals surface area contributed by atoms with Gasteiger partial charge >= 0.3 is 0 Å². The highest BCUT2D eigenvalue weighted by Crippen LogP contribution is 2.34. The third-order valence-electron chi connectivity index (χ3n) is 3.54. The lowest BCUT2D eigenvalue weighted by molar-refractivity contribution is -0.384. The van der Waals surface area contributed by atoms with Crippen LogP contribution in [0.5, 0.6) is 11.5 Å². The SMILES string of the molecule is COc1cc(/C=C(\C#N)C(=O)Nc2cc([N+](=O)[O-])ccc2Cl)cc(I)c1OC. The van der Waals surface area contributed by atoms with Crippen molar-refractivity contribution in [2.45, 2.75) is 0 Å². The molecule has 1 N–H and O–H groups in total. The van der Waals surface area contributed by atoms with Crippen LogP contribution in [0.1, 0.15) is 5.56 Å². The molecule has 0 heterocycles. The van der Waals surface area contributed by atoms with Crippen molar-refractivity contribution in [2.75, 3.05) is 19.5 Å². The van der Waals surface area contributed by atoms with Gasteiger partial charge in [0, 0.05) is 12.1 Å². The fourth-order valence-corrected chi connectivity index (χ4v) is 3.26. The van der Waals surface area contributed by atoms with Crippen molar-refractivity contribution in [2.24, 2.45) is 0 Å². The molecule has 8 nitrogen and oxygen atoms in total. The summed E-state index contributed by atoms with van der Waals surface area (Å²) in [4.78, 5) is 22.7. The van der Waals surface area contributed by atoms with Crippen LogP contribution in [0.4, 0.5) is 11.4 Å². The van der Waals surface area contributed by atoms with Crippen molar-refractivity contribution in [3.63, 3.8) is 0 Å². The first-order valence-electron chi connectivity index (χ1n) is 7.59. The second-order valence-electron chi connectivity index (χ2n) is 5.28. The van der Waals surface area contributed by atoms with Gasteiger partial charge in [-0.2, -0.15) is 5.26 Å². The number of hydrogen-bond donors (Lipinski definition) is 1. The van der Waals surface area contributed by atoms with E-state index in [0.717, 1.165) is 9.64 Å². The summed E-state index contributed by atoms with van der Waals surface area (Å²) in [6.07, 6.45) is 1.37. The van der Waals surface area contributed by atoms with Crippen molar-refractivity contribution in [1.29, 1.82) is 5.26 Å². The number of carbonyl (C=O) groups is 1. The largest absolute Gasteiger partial charge is 0.493 e. The van der Waals surface area contributed by atoms with Crippen molar-refractivity contribution < 1.29 is 19.2 Å². The molecule has 2 rings (SSSR count). The van der Waals surface area contributed by atoms with E-state index in [0.29, 0.717) is 17.1 Å². The lowest BCUT2D eigenvalue weighted by atomic mass is 10.1. The van der Waals surface area contributed by atoms with E-state index in [-0.39, 0.29) is 22.0 Å². The molecule has 0 bridgehead atoms. The second kappa shape index (κ2) is 9.38. The van der Waals surface area contributed by atoms with Gasteiger partial charge in [-0.1, -0.05) is 11.6 Å². The van der Waals surface area contributed by atoms with E-state index in [1.54, 1.807) is 12.1 Å². The van der Waals surface area contributed by atoms with Crippen LogP contribution in [-0.4, -0.2) is 25.1 Å². The summed E-state index contributed by atoms with van der Waals surface area (Å²) in [5, 5.41) is 22.8. The summed E-state index contributed by atoms with van der Waals surface area (Å²) >= 11 is 8.02. The van der Waals surface area contributed by atoms with Crippen LogP contribution in [0.25, 0.3) is 6.08 Å². The molecule has 0 saturated carbocycles. The van der Waals surface area contributed by atoms with Gasteiger partial charge in [0.1, 0.15) is 11.6 Å². The Morgan fingerprint density at radius 2 is 2.04 bits per heavy atom. The van der Waals surface area contributed by atoms with Gasteiger partial charge < -0.3 is 14.8 Å². The molecule has 1 amide bonds. The van der Waals surface area contributed by atoms with Crippen molar-refractivity contribution >= 4 is 57.5 Å². The zero-order chi connectivity index (χ0) is 20.8. The zero-order valence-corrected chi connectivity index (χ0v) is 17.6. The lowest BCUT2D eigenvalue weighted by Crippen LogP contribution is -2.14. The second-order valence-corrected chi connectivity index (χ2v) is 6.85. The van der Waals surface area contributed by atoms with Gasteiger partial charge in [-0.15, -0.1) is 0 Å². The number of halogens is 2. The van der Waals surface area contributed by atoms with Crippen molar-refractivity contribution in [3.05, 3.63) is 60.2 Å². The molecule has 0 aliphatic heterocycles. The van der Waals surface area contributed by atoms with Crippen LogP contribution in [-0.2, 0) is 4.79 Å². The number of nitrogens with zero attached hydrogens (tertiary/aromatic N) is 2. The maximum Gasteiger partial charge on any atom is 0.271 e. The molecule has 2 aromatic rings. The van der Waals surface area contributed by atoms with Gasteiger partial charge in [-0.25, -0.2) is 0 Å². The van der Waals surface area contributed by atoms with Crippen LogP contribution in [0.15, 0.2) is 35.9 Å². The molecule has 2 aromatic carbocycles. The van der Waals surface area contributed by atoms with Crippen LogP contribution in [0.2, 0.25) is 5.02 Å². The first kappa shape index (κ1) is 21.5. The molecule has 0 aliphatic rings. The molecule has 0 fully saturated rings. The molecule has 0 aliphatic carbocycles. The number of methoxy groups -OCH3 is 2. The molecule has 144 valence electrons. The fourth-order valence-electron chi connectivity index (χ4n) is 2.25. The highest BCUT2D eigenvalue weighted by Gasteiger charge is 2.16. The standard InChI is InChI=1S/C18H13ClIN3O5/c1-27-16-7-10(6-14(20)17(16)28-2)5-11(9-21)18(24)22-15-8-12(23(25)26)3-4-13(15)19/h3-8H,1-2H3,(H,22,24)/b11-5+. The average molecular weight is 514 g/mol. The highest BCUT2D eigenvalue weighted by molar-refractivity contribution is 14.1. The number of anilines is 1. The molecular formula is C18H13ClIN3O5. The van der Waals surface area contributed by atoms with Gasteiger partial charge in [0.15, 0.2) is 11.5 Å². The summed E-state index contributed by atoms with van der Waals surface area (Å²) in [6.45, 7) is 0. The smallest absolute Gasteiger partial charge is 0.271 e. The Morgan fingerprint density at radius 3 is 2.61 bits per heavy atom. The molecule has 0 aromatic heterocycles. The quantitative estimate of drug-likeness (QED) is 0.201. The third-order valence-corrected chi connectivity index (χ3v) is 4.67. The average Bonchev–Trinajstić information content (AvgIpc) is 2.66. The van der Waals surface area contributed by atoms with Gasteiger partial charge in [0.2, 0.25) is 0 Å². The maximum atomic E-state index is 12.5. The number of ether oxygens (including phenoxy) is 2. The molecule has 0 atom stereocenters. The number of rotatable bonds is 6. The maximum absolute atomic E-state index is 12.5. The van der Waals surface area contributed by atoms with E-state index in [1.807, 2.05) is 28.7 Å². The van der Waals surface area contributed by atoms with Gasteiger partial charge in [0.05, 0.1) is 33.4 Å². The Labute approximate surface area is 179 Å². The molecule has 0 radical (unpaired) electrons. The van der Waals surface area contributed by atoms with Crippen molar-refractivity contribution in [1.82, 2.24) is 0 Å². The summed E-state index contributed by atoms with van der Waals surface area (Å²) in [5.41, 5.74) is 0.116. The first-order valence-corrected chi connectivity index (χ1v) is 9.05. The summed E-state index contributed by atoms with van der Waals surface area (Å²) < 4.78 is 11.2. The minimum absolute atomic E-state index is 0.0314. The van der Waals surface area contributed by atoms with Crippen LogP contribution in [0, 0.1) is 25.0 Å². The van der Waals surface area contributed by atoms with E-state index >= 15 is 0 Å². The normalized spacial score (nSPS) is 10.8. The van der Waals surface area contributed by atoms with E-state index in [1.165, 1.54) is 32.4 Å². The van der Waals surface area contributed by atoms with Crippen LogP contribution in [0.3, 0.4) is 0 Å². The molecule has 0 unspecified atom stereocenters. The number of benzene rings is 2. The van der Waals surface area contributed by atoms with E-state index in [9.17, 15) is 20.2 Å². The number of nitriles is 1. The number of nitrogens with one attached hydrogen (secondary N) is 1. The molecule has 10 heteroatoms. The van der Waals surface area contributed by atoms with Gasteiger partial charge in [-0.05, 0) is 52.4 Å². The van der Waals surface area contributed by atoms with E-state index in [4.69, 9.17) is 21.1 Å². The summed E-state index contributed by atoms with van der Waals surface area (Å²) in [5.74, 6) is 0.223. The number of non-ortho nitro benzene ring substituents is 1. The Kier molecular flexibility index (Phi) is 7.19. The van der Waals surface area contributed by atoms with Gasteiger partial charge in [-0.3, -0.25) is 14.9 Å². The summed E-state index contributed by atoms with van der Waals surface area (Å²) in [6, 6.07) is 8.77. The molecule has 0 spiro atoms. The Balaban J connectivity index is 2.37. The monoisotopic (exact) mass is 513 g/mol. The third kappa shape index (κ3) is 4.90. The predicted molar refractivity (Wildman–Crippen MR) is 113 cm³/mol. The zero-order valence-electron chi connectivity index (χ0n) is 14.7. The minimum atomic E-state index is -0.755. The number of carbonyl (C=O) groups excluding carboxylic acids is 1. The Bertz CT molecular complexity index is 1020. The van der Waals surface area contributed by atoms with Crippen LogP contribution < -0.4 is 14.8 Å². The Hall–Kier alpha value is -2.84. The molecular weight excluding hydrogens is 501 g/mol. The lowest BCUT2D eigenvalue weighted by Gasteiger charge is -2.11. The highest BCUT2D eigenvalue weighted by atomic mass is 127. The van der Waals surface area contributed by atoms with Crippen LogP contribution >= 0.6 is 34.2 Å². The number of nitro groups is 1. The van der Waals surface area contributed by atoms with E-state index in [2.05, 4.69) is 5.32 Å². The Morgan fingerprint density at radius 1 is 1.32 bits per heavy atom. The van der Waals surface area contributed by atoms with E-state index < -0.39 is 10.8 Å². The van der Waals surface area contributed by atoms with Crippen molar-refractivity contribution in [3.8, 4) is 17.6 Å². The molecule has 0 saturated heterocycles. The predicted octanol–water partition coefficient (Wildman–Crippen LogP) is 4.42. The topological polar surface area (TPSA) is 114 Å².